The SMILES string of the molecule is CNC(=O)[C@@H](Cc1ccccc1)N(Cc1ccccc1C)C(=O)CN(c1cc(C)ccc1OC)S(=O)(=O)c1ccc(C)cc1. The number of ether oxygens (including phenoxy) is 1. The second kappa shape index (κ2) is 14.2. The molecule has 0 aliphatic carbocycles. The van der Waals surface area contributed by atoms with Gasteiger partial charge in [-0.25, -0.2) is 8.42 Å². The number of nitrogens with one attached hydrogen (secondary N) is 1. The van der Waals surface area contributed by atoms with Crippen molar-refractivity contribution in [2.75, 3.05) is 25.0 Å². The quantitative estimate of drug-likeness (QED) is 0.237. The van der Waals surface area contributed by atoms with Crippen LogP contribution in [0.2, 0.25) is 0 Å². The lowest BCUT2D eigenvalue weighted by Gasteiger charge is -2.34. The Hall–Kier alpha value is -4.63. The molecule has 4 aromatic rings. The van der Waals surface area contributed by atoms with Crippen LogP contribution in [0.1, 0.15) is 27.8 Å². The maximum Gasteiger partial charge on any atom is 0.264 e. The third kappa shape index (κ3) is 7.47. The summed E-state index contributed by atoms with van der Waals surface area (Å²) in [7, 11) is -1.25. The average molecular weight is 614 g/mol. The molecule has 9 heteroatoms. The van der Waals surface area contributed by atoms with Crippen molar-refractivity contribution in [3.8, 4) is 5.75 Å². The molecular formula is C35H39N3O5S. The molecule has 4 rings (SSSR count). The van der Waals surface area contributed by atoms with Crippen LogP contribution in [0.3, 0.4) is 0 Å². The highest BCUT2D eigenvalue weighted by molar-refractivity contribution is 7.92. The molecule has 230 valence electrons. The number of carbonyl (C=O) groups excluding carboxylic acids is 2. The van der Waals surface area contributed by atoms with Crippen molar-refractivity contribution < 1.29 is 22.7 Å². The number of aryl methyl sites for hydroxylation is 3. The number of benzene rings is 4. The van der Waals surface area contributed by atoms with Crippen molar-refractivity contribution in [3.05, 3.63) is 125 Å². The van der Waals surface area contributed by atoms with Crippen molar-refractivity contribution in [1.82, 2.24) is 10.2 Å². The summed E-state index contributed by atoms with van der Waals surface area (Å²) in [6.45, 7) is 5.21. The van der Waals surface area contributed by atoms with E-state index in [4.69, 9.17) is 4.74 Å². The minimum absolute atomic E-state index is 0.0389. The van der Waals surface area contributed by atoms with Crippen LogP contribution in [-0.4, -0.2) is 51.9 Å². The third-order valence-electron chi connectivity index (χ3n) is 7.61. The summed E-state index contributed by atoms with van der Waals surface area (Å²) >= 11 is 0. The van der Waals surface area contributed by atoms with Crippen LogP contribution in [0, 0.1) is 20.8 Å². The molecule has 1 N–H and O–H groups in total. The van der Waals surface area contributed by atoms with E-state index in [0.717, 1.165) is 32.1 Å². The maximum absolute atomic E-state index is 14.5. The molecule has 0 saturated carbocycles. The fraction of sp³-hybridized carbons (Fsp3) is 0.257. The fourth-order valence-corrected chi connectivity index (χ4v) is 6.45. The van der Waals surface area contributed by atoms with Crippen molar-refractivity contribution in [1.29, 1.82) is 0 Å². The summed E-state index contributed by atoms with van der Waals surface area (Å²) in [4.78, 5) is 29.5. The fourth-order valence-electron chi connectivity index (χ4n) is 5.04. The Morgan fingerprint density at radius 1 is 0.841 bits per heavy atom. The molecule has 0 radical (unpaired) electrons. The van der Waals surface area contributed by atoms with Gasteiger partial charge in [-0.05, 0) is 67.3 Å². The van der Waals surface area contributed by atoms with E-state index in [1.165, 1.54) is 31.2 Å². The minimum Gasteiger partial charge on any atom is -0.495 e. The summed E-state index contributed by atoms with van der Waals surface area (Å²) in [5.41, 5.74) is 4.60. The zero-order valence-electron chi connectivity index (χ0n) is 25.8. The smallest absolute Gasteiger partial charge is 0.264 e. The lowest BCUT2D eigenvalue weighted by atomic mass is 10.0. The van der Waals surface area contributed by atoms with E-state index in [9.17, 15) is 18.0 Å². The molecule has 0 aliphatic rings. The van der Waals surface area contributed by atoms with Crippen molar-refractivity contribution in [3.63, 3.8) is 0 Å². The van der Waals surface area contributed by atoms with E-state index in [2.05, 4.69) is 5.32 Å². The molecule has 0 bridgehead atoms. The molecule has 44 heavy (non-hydrogen) atoms. The van der Waals surface area contributed by atoms with Crippen LogP contribution >= 0.6 is 0 Å². The first-order chi connectivity index (χ1) is 21.0. The van der Waals surface area contributed by atoms with Crippen LogP contribution in [0.4, 0.5) is 5.69 Å². The molecule has 0 aliphatic heterocycles. The van der Waals surface area contributed by atoms with Gasteiger partial charge in [-0.3, -0.25) is 13.9 Å². The first-order valence-electron chi connectivity index (χ1n) is 14.4. The van der Waals surface area contributed by atoms with E-state index in [1.807, 2.05) is 81.4 Å². The Bertz CT molecular complexity index is 1710. The lowest BCUT2D eigenvalue weighted by molar-refractivity contribution is -0.139. The summed E-state index contributed by atoms with van der Waals surface area (Å²) in [6, 6.07) is 27.8. The zero-order chi connectivity index (χ0) is 31.9. The number of carbonyl (C=O) groups is 2. The topological polar surface area (TPSA) is 96.0 Å². The van der Waals surface area contributed by atoms with Gasteiger partial charge in [0.2, 0.25) is 11.8 Å². The van der Waals surface area contributed by atoms with Crippen LogP contribution in [0.15, 0.2) is 102 Å². The number of hydrogen-bond donors (Lipinski definition) is 1. The third-order valence-corrected chi connectivity index (χ3v) is 9.38. The highest BCUT2D eigenvalue weighted by Crippen LogP contribution is 2.34. The minimum atomic E-state index is -4.23. The Morgan fingerprint density at radius 3 is 2.11 bits per heavy atom. The van der Waals surface area contributed by atoms with Gasteiger partial charge in [-0.15, -0.1) is 0 Å². The maximum atomic E-state index is 14.5. The largest absolute Gasteiger partial charge is 0.495 e. The Morgan fingerprint density at radius 2 is 1.48 bits per heavy atom. The van der Waals surface area contributed by atoms with Crippen LogP contribution in [-0.2, 0) is 32.6 Å². The molecular weight excluding hydrogens is 574 g/mol. The summed E-state index contributed by atoms with van der Waals surface area (Å²) in [5.74, 6) is -0.578. The number of likely N-dealkylation sites (N-methyl/N-ethyl adjacent to an activating group) is 1. The second-order valence-electron chi connectivity index (χ2n) is 10.8. The standard InChI is InChI=1S/C35H39N3O5S/c1-25-15-18-30(19-16-25)44(41,42)38(31-21-26(2)17-20-33(31)43-5)24-34(39)37(23-29-14-10-9-11-27(29)3)32(35(40)36-4)22-28-12-7-6-8-13-28/h6-21,32H,22-24H2,1-5H3,(H,36,40)/t32-/m1/s1. The van der Waals surface area contributed by atoms with Crippen LogP contribution in [0.25, 0.3) is 0 Å². The Labute approximate surface area is 260 Å². The molecule has 0 heterocycles. The first kappa shape index (κ1) is 32.3. The van der Waals surface area contributed by atoms with Gasteiger partial charge in [-0.1, -0.05) is 78.4 Å². The normalized spacial score (nSPS) is 11.8. The number of hydrogen-bond acceptors (Lipinski definition) is 5. The average Bonchev–Trinajstić information content (AvgIpc) is 3.02. The predicted molar refractivity (Wildman–Crippen MR) is 173 cm³/mol. The monoisotopic (exact) mass is 613 g/mol. The number of methoxy groups -OCH3 is 1. The van der Waals surface area contributed by atoms with Gasteiger partial charge in [0.1, 0.15) is 18.3 Å². The molecule has 8 nitrogen and oxygen atoms in total. The molecule has 4 aromatic carbocycles. The Balaban J connectivity index is 1.85. The van der Waals surface area contributed by atoms with E-state index in [-0.39, 0.29) is 29.5 Å². The number of anilines is 1. The van der Waals surface area contributed by atoms with Gasteiger partial charge < -0.3 is 15.0 Å². The molecule has 0 saturated heterocycles. The van der Waals surface area contributed by atoms with E-state index < -0.39 is 28.5 Å². The van der Waals surface area contributed by atoms with Crippen molar-refractivity contribution in [2.45, 2.75) is 44.7 Å². The molecule has 0 fully saturated rings. The zero-order valence-corrected chi connectivity index (χ0v) is 26.6. The van der Waals surface area contributed by atoms with Gasteiger partial charge in [-0.2, -0.15) is 0 Å². The van der Waals surface area contributed by atoms with E-state index in [0.29, 0.717) is 5.75 Å². The van der Waals surface area contributed by atoms with Crippen molar-refractivity contribution >= 4 is 27.5 Å². The van der Waals surface area contributed by atoms with E-state index in [1.54, 1.807) is 24.3 Å². The molecule has 0 unspecified atom stereocenters. The van der Waals surface area contributed by atoms with Crippen molar-refractivity contribution in [2.24, 2.45) is 0 Å². The van der Waals surface area contributed by atoms with Crippen LogP contribution < -0.4 is 14.4 Å². The van der Waals surface area contributed by atoms with Crippen LogP contribution in [0.5, 0.6) is 5.75 Å². The number of amides is 2. The second-order valence-corrected chi connectivity index (χ2v) is 12.6. The lowest BCUT2D eigenvalue weighted by Crippen LogP contribution is -2.53. The molecule has 0 aromatic heterocycles. The van der Waals surface area contributed by atoms with Gasteiger partial charge in [0.25, 0.3) is 10.0 Å². The first-order valence-corrected chi connectivity index (χ1v) is 15.8. The highest BCUT2D eigenvalue weighted by Gasteiger charge is 2.35. The number of rotatable bonds is 12. The Kier molecular flexibility index (Phi) is 10.4. The predicted octanol–water partition coefficient (Wildman–Crippen LogP) is 5.20. The van der Waals surface area contributed by atoms with E-state index >= 15 is 0 Å². The summed E-state index contributed by atoms with van der Waals surface area (Å²) in [5, 5.41) is 2.71. The van der Waals surface area contributed by atoms with Gasteiger partial charge in [0, 0.05) is 20.0 Å². The summed E-state index contributed by atoms with van der Waals surface area (Å²) in [6.07, 6.45) is 0.247. The van der Waals surface area contributed by atoms with Gasteiger partial charge >= 0.3 is 0 Å². The molecule has 0 spiro atoms. The highest BCUT2D eigenvalue weighted by atomic mass is 32.2. The molecule has 2 amide bonds. The van der Waals surface area contributed by atoms with Gasteiger partial charge in [0.05, 0.1) is 17.7 Å². The number of nitrogens with zero attached hydrogens (tertiary/aromatic N) is 2. The summed E-state index contributed by atoms with van der Waals surface area (Å²) < 4.78 is 35.2. The van der Waals surface area contributed by atoms with Gasteiger partial charge in [0.15, 0.2) is 0 Å². The number of sulfonamides is 1. The molecule has 1 atom stereocenters.